The smallest absolute Gasteiger partial charge is 0.437 e. The van der Waals surface area contributed by atoms with Gasteiger partial charge in [0.1, 0.15) is 11.7 Å². The Morgan fingerprint density at radius 2 is 1.67 bits per heavy atom. The van der Waals surface area contributed by atoms with E-state index in [1.165, 1.54) is 48.5 Å². The molecular weight excluding hydrogens is 381 g/mol. The lowest BCUT2D eigenvalue weighted by molar-refractivity contribution is -0.285. The summed E-state index contributed by atoms with van der Waals surface area (Å²) < 4.78 is 41.4. The van der Waals surface area contributed by atoms with Crippen LogP contribution in [0.1, 0.15) is 22.0 Å². The van der Waals surface area contributed by atoms with Crippen molar-refractivity contribution in [2.24, 2.45) is 5.92 Å². The lowest BCUT2D eigenvalue weighted by Gasteiger charge is -2.46. The van der Waals surface area contributed by atoms with Crippen molar-refractivity contribution in [3.05, 3.63) is 65.7 Å². The molecule has 5 nitrogen and oxygen atoms in total. The normalized spacial score (nSPS) is 25.4. The topological polar surface area (TPSA) is 81.6 Å². The largest absolute Gasteiger partial charge is 0.508 e. The van der Waals surface area contributed by atoms with Crippen LogP contribution in [-0.4, -0.2) is 33.0 Å². The summed E-state index contributed by atoms with van der Waals surface area (Å²) in [5.41, 5.74) is -3.29. The van der Waals surface area contributed by atoms with E-state index < -0.39 is 34.8 Å². The maximum absolute atomic E-state index is 13.8. The number of aliphatic hydroxyl groups is 1. The second-order valence-corrected chi connectivity index (χ2v) is 6.55. The lowest BCUT2D eigenvalue weighted by Crippen LogP contribution is -2.72. The Balaban J connectivity index is 2.15. The van der Waals surface area contributed by atoms with Crippen LogP contribution in [-0.2, 0) is 0 Å². The zero-order chi connectivity index (χ0) is 19.8. The number of hydrogen-bond acceptors (Lipinski definition) is 4. The molecule has 4 N–H and O–H groups in total. The van der Waals surface area contributed by atoms with Gasteiger partial charge in [0, 0.05) is 5.56 Å². The predicted molar refractivity (Wildman–Crippen MR) is 95.0 cm³/mol. The van der Waals surface area contributed by atoms with E-state index in [0.717, 1.165) is 0 Å². The molecule has 142 valence electrons. The van der Waals surface area contributed by atoms with Crippen LogP contribution in [0.4, 0.5) is 13.2 Å². The van der Waals surface area contributed by atoms with Crippen molar-refractivity contribution in [1.82, 2.24) is 10.6 Å². The zero-order valence-corrected chi connectivity index (χ0v) is 14.5. The number of alkyl halides is 3. The third-order valence-corrected chi connectivity index (χ3v) is 4.62. The van der Waals surface area contributed by atoms with E-state index in [-0.39, 0.29) is 16.9 Å². The van der Waals surface area contributed by atoms with Gasteiger partial charge in [-0.1, -0.05) is 42.5 Å². The van der Waals surface area contributed by atoms with Crippen molar-refractivity contribution in [2.45, 2.75) is 17.9 Å². The minimum atomic E-state index is -5.18. The molecule has 3 rings (SSSR count). The van der Waals surface area contributed by atoms with Gasteiger partial charge in [-0.3, -0.25) is 4.79 Å². The van der Waals surface area contributed by atoms with Crippen LogP contribution in [0.2, 0.25) is 0 Å². The summed E-state index contributed by atoms with van der Waals surface area (Å²) in [5, 5.41) is 24.0. The number of rotatable bonds is 3. The first-order valence-corrected chi connectivity index (χ1v) is 8.30. The molecule has 0 bridgehead atoms. The predicted octanol–water partition coefficient (Wildman–Crippen LogP) is 2.66. The highest BCUT2D eigenvalue weighted by atomic mass is 32.1. The summed E-state index contributed by atoms with van der Waals surface area (Å²) >= 11 is 4.84. The Hall–Kier alpha value is -2.65. The van der Waals surface area contributed by atoms with Crippen molar-refractivity contribution in [2.75, 3.05) is 0 Å². The standard InChI is InChI=1S/C18H15F3N2O3S/c19-18(20,21)17(26)13(15(25)11-4-2-1-3-5-11)14(22-16(27)23-17)10-6-8-12(24)9-7-10/h1-9,13-14,24,26H,(H2,22,23,27)/t13-,14-,17-/m0/s1. The van der Waals surface area contributed by atoms with Gasteiger partial charge in [-0.05, 0) is 29.9 Å². The Morgan fingerprint density at radius 1 is 1.07 bits per heavy atom. The van der Waals surface area contributed by atoms with Gasteiger partial charge in [-0.25, -0.2) is 0 Å². The minimum absolute atomic E-state index is 0.0189. The maximum Gasteiger partial charge on any atom is 0.437 e. The Labute approximate surface area is 157 Å². The summed E-state index contributed by atoms with van der Waals surface area (Å²) in [6, 6.07) is 11.4. The fourth-order valence-electron chi connectivity index (χ4n) is 3.08. The molecule has 1 saturated heterocycles. The van der Waals surface area contributed by atoms with Gasteiger partial charge in [-0.15, -0.1) is 0 Å². The zero-order valence-electron chi connectivity index (χ0n) is 13.7. The summed E-state index contributed by atoms with van der Waals surface area (Å²) in [7, 11) is 0. The summed E-state index contributed by atoms with van der Waals surface area (Å²) in [6.45, 7) is 0. The molecule has 0 spiro atoms. The lowest BCUT2D eigenvalue weighted by atomic mass is 9.77. The number of ketones is 1. The van der Waals surface area contributed by atoms with E-state index >= 15 is 0 Å². The van der Waals surface area contributed by atoms with Crippen molar-refractivity contribution in [3.63, 3.8) is 0 Å². The minimum Gasteiger partial charge on any atom is -0.508 e. The van der Waals surface area contributed by atoms with Crippen LogP contribution in [0.3, 0.4) is 0 Å². The van der Waals surface area contributed by atoms with Gasteiger partial charge < -0.3 is 20.8 Å². The molecule has 27 heavy (non-hydrogen) atoms. The van der Waals surface area contributed by atoms with E-state index in [1.54, 1.807) is 6.07 Å². The molecular formula is C18H15F3N2O3S. The highest BCUT2D eigenvalue weighted by molar-refractivity contribution is 7.80. The number of hydrogen-bond donors (Lipinski definition) is 4. The number of Topliss-reactive ketones (excluding diaryl/α,β-unsaturated/α-hetero) is 1. The Morgan fingerprint density at radius 3 is 2.22 bits per heavy atom. The number of phenolic OH excluding ortho intramolecular Hbond substituents is 1. The van der Waals surface area contributed by atoms with Gasteiger partial charge in [0.15, 0.2) is 10.9 Å². The molecule has 2 aromatic rings. The second-order valence-electron chi connectivity index (χ2n) is 6.14. The first-order valence-electron chi connectivity index (χ1n) is 7.89. The average Bonchev–Trinajstić information content (AvgIpc) is 2.61. The molecule has 1 aliphatic rings. The van der Waals surface area contributed by atoms with Crippen molar-refractivity contribution in [3.8, 4) is 5.75 Å². The monoisotopic (exact) mass is 396 g/mol. The van der Waals surface area contributed by atoms with Crippen LogP contribution in [0.5, 0.6) is 5.75 Å². The number of halogens is 3. The van der Waals surface area contributed by atoms with Gasteiger partial charge in [0.25, 0.3) is 0 Å². The van der Waals surface area contributed by atoms with Crippen molar-refractivity contribution in [1.29, 1.82) is 0 Å². The van der Waals surface area contributed by atoms with E-state index in [4.69, 9.17) is 12.2 Å². The highest BCUT2D eigenvalue weighted by Gasteiger charge is 2.65. The molecule has 3 atom stereocenters. The van der Waals surface area contributed by atoms with E-state index in [9.17, 15) is 28.2 Å². The van der Waals surface area contributed by atoms with E-state index in [2.05, 4.69) is 5.32 Å². The third-order valence-electron chi connectivity index (χ3n) is 4.40. The number of benzene rings is 2. The summed E-state index contributed by atoms with van der Waals surface area (Å²) in [6.07, 6.45) is -5.18. The first kappa shape index (κ1) is 19.1. The van der Waals surface area contributed by atoms with Crippen molar-refractivity contribution < 1.29 is 28.2 Å². The van der Waals surface area contributed by atoms with Gasteiger partial charge >= 0.3 is 6.18 Å². The van der Waals surface area contributed by atoms with Crippen LogP contribution in [0, 0.1) is 5.92 Å². The molecule has 0 saturated carbocycles. The number of nitrogens with one attached hydrogen (secondary N) is 2. The van der Waals surface area contributed by atoms with Crippen LogP contribution in [0.25, 0.3) is 0 Å². The van der Waals surface area contributed by atoms with E-state index in [0.29, 0.717) is 0 Å². The maximum atomic E-state index is 13.8. The SMILES string of the molecule is O=C(c1ccccc1)[C@@H]1[C@H](c2ccc(O)cc2)NC(=S)N[C@@]1(O)C(F)(F)F. The number of phenols is 1. The molecule has 0 amide bonds. The molecule has 9 heteroatoms. The fourth-order valence-corrected chi connectivity index (χ4v) is 3.36. The Kier molecular flexibility index (Phi) is 4.83. The van der Waals surface area contributed by atoms with Crippen LogP contribution >= 0.6 is 12.2 Å². The molecule has 0 radical (unpaired) electrons. The molecule has 1 heterocycles. The van der Waals surface area contributed by atoms with Crippen LogP contribution in [0.15, 0.2) is 54.6 Å². The molecule has 1 aliphatic heterocycles. The van der Waals surface area contributed by atoms with E-state index in [1.807, 2.05) is 5.32 Å². The number of carbonyl (C=O) groups is 1. The second kappa shape index (κ2) is 6.82. The first-order chi connectivity index (χ1) is 12.6. The number of aromatic hydroxyl groups is 1. The highest BCUT2D eigenvalue weighted by Crippen LogP contribution is 2.44. The number of carbonyl (C=O) groups excluding carboxylic acids is 1. The summed E-state index contributed by atoms with van der Waals surface area (Å²) in [5.74, 6) is -2.96. The average molecular weight is 396 g/mol. The van der Waals surface area contributed by atoms with Gasteiger partial charge in [0.05, 0.1) is 6.04 Å². The third kappa shape index (κ3) is 3.47. The fraction of sp³-hybridized carbons (Fsp3) is 0.222. The van der Waals surface area contributed by atoms with Crippen LogP contribution < -0.4 is 10.6 Å². The molecule has 0 unspecified atom stereocenters. The Bertz CT molecular complexity index is 858. The number of thiocarbonyl (C=S) groups is 1. The molecule has 0 aromatic heterocycles. The quantitative estimate of drug-likeness (QED) is 0.472. The van der Waals surface area contributed by atoms with Crippen molar-refractivity contribution >= 4 is 23.1 Å². The summed E-state index contributed by atoms with van der Waals surface area (Å²) in [4.78, 5) is 13.0. The van der Waals surface area contributed by atoms with Gasteiger partial charge in [-0.2, -0.15) is 13.2 Å². The van der Waals surface area contributed by atoms with Gasteiger partial charge in [0.2, 0.25) is 5.72 Å². The molecule has 2 aromatic carbocycles. The molecule has 0 aliphatic carbocycles. The molecule has 1 fully saturated rings.